The monoisotopic (exact) mass is 246 g/mol. The molecule has 5 nitrogen and oxygen atoms in total. The molecule has 2 heterocycles. The maximum Gasteiger partial charge on any atom is 0.133 e. The summed E-state index contributed by atoms with van der Waals surface area (Å²) in [6.07, 6.45) is 6.12. The Balaban J connectivity index is 2.28. The molecule has 0 amide bonds. The third kappa shape index (κ3) is 2.22. The van der Waals surface area contributed by atoms with E-state index in [2.05, 4.69) is 23.4 Å². The molecule has 1 fully saturated rings. The molecule has 2 rings (SSSR count). The first kappa shape index (κ1) is 12.6. The first-order valence-corrected chi connectivity index (χ1v) is 5.77. The van der Waals surface area contributed by atoms with Crippen LogP contribution in [0.5, 0.6) is 0 Å². The van der Waals surface area contributed by atoms with Crippen LogP contribution in [0.1, 0.15) is 5.82 Å². The molecule has 2 N–H and O–H groups in total. The molecule has 0 aromatic carbocycles. The van der Waals surface area contributed by atoms with Crippen molar-refractivity contribution in [1.29, 1.82) is 0 Å². The molecule has 18 heavy (non-hydrogen) atoms. The van der Waals surface area contributed by atoms with Gasteiger partial charge in [0.25, 0.3) is 0 Å². The van der Waals surface area contributed by atoms with Crippen molar-refractivity contribution in [2.45, 2.75) is 6.42 Å². The molecule has 5 heteroatoms. The van der Waals surface area contributed by atoms with Crippen LogP contribution in [0.25, 0.3) is 0 Å². The van der Waals surface area contributed by atoms with E-state index >= 15 is 0 Å². The average Bonchev–Trinajstić information content (AvgIpc) is 2.66. The van der Waals surface area contributed by atoms with E-state index in [-0.39, 0.29) is 5.41 Å². The van der Waals surface area contributed by atoms with E-state index in [4.69, 9.17) is 10.5 Å². The number of rotatable bonds is 5. The summed E-state index contributed by atoms with van der Waals surface area (Å²) in [4.78, 5) is 0. The van der Waals surface area contributed by atoms with E-state index in [1.165, 1.54) is 0 Å². The van der Waals surface area contributed by atoms with Crippen LogP contribution in [0.4, 0.5) is 0 Å². The summed E-state index contributed by atoms with van der Waals surface area (Å²) in [5, 5.41) is 8.02. The second-order valence-electron chi connectivity index (χ2n) is 4.69. The van der Waals surface area contributed by atoms with Gasteiger partial charge in [-0.1, -0.05) is 19.2 Å². The number of ether oxygens (including phenoxy) is 1. The molecule has 1 aliphatic heterocycles. The molecule has 1 aromatic rings. The summed E-state index contributed by atoms with van der Waals surface area (Å²) in [6.45, 7) is 8.85. The highest BCUT2D eigenvalue weighted by Crippen LogP contribution is 2.39. The Labute approximate surface area is 107 Å². The van der Waals surface area contributed by atoms with E-state index < -0.39 is 0 Å². The fourth-order valence-corrected chi connectivity index (χ4v) is 2.12. The second-order valence-corrected chi connectivity index (χ2v) is 4.69. The fraction of sp³-hybridized carbons (Fsp3) is 0.385. The van der Waals surface area contributed by atoms with Gasteiger partial charge < -0.3 is 15.0 Å². The Kier molecular flexibility index (Phi) is 3.34. The Bertz CT molecular complexity index is 497. The van der Waals surface area contributed by atoms with Gasteiger partial charge in [0.15, 0.2) is 0 Å². The van der Waals surface area contributed by atoms with Gasteiger partial charge in [-0.25, -0.2) is 0 Å². The van der Waals surface area contributed by atoms with Gasteiger partial charge in [-0.05, 0) is 11.6 Å². The molecular weight excluding hydrogens is 228 g/mol. The fourth-order valence-electron chi connectivity index (χ4n) is 2.12. The lowest BCUT2D eigenvalue weighted by atomic mass is 9.74. The van der Waals surface area contributed by atoms with Gasteiger partial charge in [-0.2, -0.15) is 0 Å². The number of nitrogens with two attached hydrogens (primary N) is 1. The Morgan fingerprint density at radius 2 is 2.39 bits per heavy atom. The van der Waals surface area contributed by atoms with Crippen LogP contribution in [0.15, 0.2) is 42.9 Å². The summed E-state index contributed by atoms with van der Waals surface area (Å²) in [6, 6.07) is 0. The lowest BCUT2D eigenvalue weighted by Crippen LogP contribution is -2.46. The minimum Gasteiger partial charge on any atom is -0.399 e. The molecule has 0 unspecified atom stereocenters. The van der Waals surface area contributed by atoms with Crippen LogP contribution in [0.2, 0.25) is 0 Å². The molecule has 1 aromatic heterocycles. The minimum absolute atomic E-state index is 0.106. The number of hydrogen-bond acceptors (Lipinski definition) is 4. The molecule has 96 valence electrons. The molecular formula is C13H18N4O. The predicted octanol–water partition coefficient (Wildman–Crippen LogP) is 0.959. The summed E-state index contributed by atoms with van der Waals surface area (Å²) in [5.41, 5.74) is 7.12. The van der Waals surface area contributed by atoms with Gasteiger partial charge >= 0.3 is 0 Å². The van der Waals surface area contributed by atoms with Crippen molar-refractivity contribution in [3.8, 4) is 0 Å². The number of nitrogens with zero attached hydrogens (tertiary/aromatic N) is 3. The highest BCUT2D eigenvalue weighted by molar-refractivity contribution is 5.34. The normalized spacial score (nSPS) is 18.2. The Morgan fingerprint density at radius 1 is 1.67 bits per heavy atom. The number of hydrogen-bond donors (Lipinski definition) is 1. The Morgan fingerprint density at radius 3 is 2.78 bits per heavy atom. The van der Waals surface area contributed by atoms with Gasteiger partial charge in [-0.15, -0.1) is 10.2 Å². The van der Waals surface area contributed by atoms with Crippen molar-refractivity contribution < 1.29 is 4.74 Å². The van der Waals surface area contributed by atoms with Crippen molar-refractivity contribution in [3.63, 3.8) is 0 Å². The van der Waals surface area contributed by atoms with Crippen molar-refractivity contribution in [1.82, 2.24) is 14.8 Å². The van der Waals surface area contributed by atoms with Crippen molar-refractivity contribution in [2.24, 2.45) is 18.2 Å². The van der Waals surface area contributed by atoms with Crippen LogP contribution in [-0.2, 0) is 18.2 Å². The average molecular weight is 246 g/mol. The topological polar surface area (TPSA) is 66.0 Å². The summed E-state index contributed by atoms with van der Waals surface area (Å²) in [7, 11) is 1.93. The van der Waals surface area contributed by atoms with E-state index in [9.17, 15) is 0 Å². The van der Waals surface area contributed by atoms with Crippen LogP contribution >= 0.6 is 0 Å². The van der Waals surface area contributed by atoms with Crippen LogP contribution < -0.4 is 5.73 Å². The quantitative estimate of drug-likeness (QED) is 0.786. The zero-order valence-electron chi connectivity index (χ0n) is 10.6. The van der Waals surface area contributed by atoms with E-state index in [0.29, 0.717) is 18.9 Å². The lowest BCUT2D eigenvalue weighted by molar-refractivity contribution is -0.0878. The number of allylic oxidation sites excluding steroid dienone is 2. The summed E-state index contributed by atoms with van der Waals surface area (Å²) in [5.74, 6) is 0.925. The number of aryl methyl sites for hydroxylation is 1. The third-order valence-electron chi connectivity index (χ3n) is 3.23. The van der Waals surface area contributed by atoms with Crippen LogP contribution in [-0.4, -0.2) is 28.0 Å². The smallest absolute Gasteiger partial charge is 0.133 e. The van der Waals surface area contributed by atoms with Crippen molar-refractivity contribution in [2.75, 3.05) is 13.2 Å². The molecule has 0 radical (unpaired) electrons. The number of aromatic nitrogens is 3. The molecule has 1 aliphatic rings. The van der Waals surface area contributed by atoms with E-state index in [0.717, 1.165) is 17.8 Å². The molecule has 0 spiro atoms. The van der Waals surface area contributed by atoms with Crippen molar-refractivity contribution >= 4 is 0 Å². The van der Waals surface area contributed by atoms with E-state index in [1.54, 1.807) is 6.33 Å². The van der Waals surface area contributed by atoms with E-state index in [1.807, 2.05) is 23.8 Å². The van der Waals surface area contributed by atoms with Gasteiger partial charge in [0.2, 0.25) is 0 Å². The SMILES string of the molecule is C=C/C(=C\C(=C)N)C1(Cc2nncn2C)COC1. The maximum absolute atomic E-state index is 5.66. The van der Waals surface area contributed by atoms with Gasteiger partial charge in [0.05, 0.1) is 13.2 Å². The third-order valence-corrected chi connectivity index (χ3v) is 3.23. The summed E-state index contributed by atoms with van der Waals surface area (Å²) >= 11 is 0. The molecule has 0 aliphatic carbocycles. The standard InChI is InChI=1S/C13H18N4O/c1-4-11(5-10(2)14)13(7-18-8-13)6-12-16-15-9-17(12)3/h4-5,9H,1-2,6-8,14H2,3H3/b11-5+. The lowest BCUT2D eigenvalue weighted by Gasteiger charge is -2.42. The molecule has 0 bridgehead atoms. The predicted molar refractivity (Wildman–Crippen MR) is 69.6 cm³/mol. The summed E-state index contributed by atoms with van der Waals surface area (Å²) < 4.78 is 7.29. The molecule has 0 atom stereocenters. The molecule has 0 saturated carbocycles. The van der Waals surface area contributed by atoms with Gasteiger partial charge in [-0.3, -0.25) is 0 Å². The molecule has 1 saturated heterocycles. The minimum atomic E-state index is -0.106. The zero-order chi connectivity index (χ0) is 13.2. The second kappa shape index (κ2) is 4.78. The van der Waals surface area contributed by atoms with Crippen LogP contribution in [0, 0.1) is 5.41 Å². The first-order chi connectivity index (χ1) is 8.57. The van der Waals surface area contributed by atoms with Crippen LogP contribution in [0.3, 0.4) is 0 Å². The van der Waals surface area contributed by atoms with Gasteiger partial charge in [0.1, 0.15) is 12.2 Å². The zero-order valence-corrected chi connectivity index (χ0v) is 10.6. The maximum atomic E-state index is 5.66. The van der Waals surface area contributed by atoms with Crippen molar-refractivity contribution in [3.05, 3.63) is 48.7 Å². The highest BCUT2D eigenvalue weighted by atomic mass is 16.5. The first-order valence-electron chi connectivity index (χ1n) is 5.77. The van der Waals surface area contributed by atoms with Gasteiger partial charge in [0, 0.05) is 24.6 Å². The Hall–Kier alpha value is -1.88. The highest BCUT2D eigenvalue weighted by Gasteiger charge is 2.42. The largest absolute Gasteiger partial charge is 0.399 e.